The van der Waals surface area contributed by atoms with E-state index in [1.807, 2.05) is 0 Å². The summed E-state index contributed by atoms with van der Waals surface area (Å²) in [7, 11) is -0.524. The van der Waals surface area contributed by atoms with Crippen molar-refractivity contribution in [3.05, 3.63) is 29.8 Å². The number of benzene rings is 1. The molecule has 1 aromatic carbocycles. The Morgan fingerprint density at radius 2 is 2.00 bits per heavy atom. The van der Waals surface area contributed by atoms with Gasteiger partial charge in [0.2, 0.25) is 0 Å². The van der Waals surface area contributed by atoms with E-state index in [2.05, 4.69) is 4.65 Å². The van der Waals surface area contributed by atoms with E-state index in [1.54, 1.807) is 12.1 Å². The van der Waals surface area contributed by atoms with Crippen LogP contribution in [0.3, 0.4) is 0 Å². The first-order chi connectivity index (χ1) is 5.75. The molecule has 0 amide bonds. The van der Waals surface area contributed by atoms with Crippen LogP contribution in [0, 0.1) is 0 Å². The van der Waals surface area contributed by atoms with Crippen molar-refractivity contribution in [3.8, 4) is 5.75 Å². The third-order valence-corrected chi connectivity index (χ3v) is 1.34. The van der Waals surface area contributed by atoms with Crippen molar-refractivity contribution >= 4 is 43.2 Å². The molecule has 0 aromatic heterocycles. The van der Waals surface area contributed by atoms with E-state index in [1.165, 1.54) is 12.1 Å². The van der Waals surface area contributed by atoms with Crippen LogP contribution in [-0.2, 0) is 0 Å². The molecule has 0 unspecified atom stereocenters. The number of para-hydroxylation sites is 1. The second-order valence-electron chi connectivity index (χ2n) is 2.07. The van der Waals surface area contributed by atoms with Crippen molar-refractivity contribution in [2.24, 2.45) is 0 Å². The number of rotatable bonds is 3. The molecular formula is C7H8BNaO4. The Morgan fingerprint density at radius 3 is 2.54 bits per heavy atom. The summed E-state index contributed by atoms with van der Waals surface area (Å²) in [6, 6.07) is 6.12. The van der Waals surface area contributed by atoms with Crippen LogP contribution in [0.15, 0.2) is 24.3 Å². The van der Waals surface area contributed by atoms with E-state index in [4.69, 9.17) is 10.1 Å². The van der Waals surface area contributed by atoms with Gasteiger partial charge in [-0.3, -0.25) is 0 Å². The Hall–Kier alpha value is -0.485. The molecule has 0 atom stereocenters. The van der Waals surface area contributed by atoms with Gasteiger partial charge in [-0.2, -0.15) is 0 Å². The number of carboxylic acids is 1. The second-order valence-corrected chi connectivity index (χ2v) is 2.07. The van der Waals surface area contributed by atoms with Gasteiger partial charge in [0.05, 0.1) is 5.56 Å². The Bertz CT molecular complexity index is 292. The summed E-state index contributed by atoms with van der Waals surface area (Å²) in [4.78, 5) is 10.5. The zero-order chi connectivity index (χ0) is 8.97. The molecule has 0 heterocycles. The molecule has 0 aliphatic heterocycles. The summed E-state index contributed by atoms with van der Waals surface area (Å²) < 4.78 is 4.67. The van der Waals surface area contributed by atoms with E-state index in [-0.39, 0.29) is 40.9 Å². The Labute approximate surface area is 98.1 Å². The Balaban J connectivity index is 0.00000144. The van der Waals surface area contributed by atoms with Gasteiger partial charge in [-0.05, 0) is 12.1 Å². The minimum absolute atomic E-state index is 0. The van der Waals surface area contributed by atoms with Crippen molar-refractivity contribution in [2.45, 2.75) is 0 Å². The van der Waals surface area contributed by atoms with Crippen LogP contribution >= 0.6 is 0 Å². The van der Waals surface area contributed by atoms with Crippen LogP contribution in [0.5, 0.6) is 5.75 Å². The molecule has 0 aliphatic carbocycles. The number of carboxylic acid groups (broad SMARTS) is 1. The summed E-state index contributed by atoms with van der Waals surface area (Å²) in [5.74, 6) is -0.897. The number of hydrogen-bond donors (Lipinski definition) is 2. The average molecular weight is 190 g/mol. The van der Waals surface area contributed by atoms with Gasteiger partial charge >= 0.3 is 43.2 Å². The van der Waals surface area contributed by atoms with Gasteiger partial charge in [-0.25, -0.2) is 4.79 Å². The van der Waals surface area contributed by atoms with E-state index >= 15 is 0 Å². The second kappa shape index (κ2) is 6.04. The fourth-order valence-electron chi connectivity index (χ4n) is 0.839. The van der Waals surface area contributed by atoms with Crippen LogP contribution in [0.4, 0.5) is 0 Å². The van der Waals surface area contributed by atoms with Crippen molar-refractivity contribution in [2.75, 3.05) is 0 Å². The molecule has 1 aromatic rings. The molecule has 0 bridgehead atoms. The van der Waals surface area contributed by atoms with Gasteiger partial charge in [0.15, 0.2) is 0 Å². The predicted molar refractivity (Wildman–Crippen MR) is 50.5 cm³/mol. The fraction of sp³-hybridized carbons (Fsp3) is 0. The van der Waals surface area contributed by atoms with E-state index in [9.17, 15) is 4.79 Å². The van der Waals surface area contributed by atoms with E-state index in [0.29, 0.717) is 0 Å². The summed E-state index contributed by atoms with van der Waals surface area (Å²) in [6.45, 7) is 0. The fourth-order valence-corrected chi connectivity index (χ4v) is 0.839. The zero-order valence-electron chi connectivity index (χ0n) is 6.23. The van der Waals surface area contributed by atoms with Crippen molar-refractivity contribution < 1.29 is 19.6 Å². The molecule has 0 aliphatic rings. The zero-order valence-corrected chi connectivity index (χ0v) is 6.23. The van der Waals surface area contributed by atoms with Crippen LogP contribution in [0.2, 0.25) is 0 Å². The summed E-state index contributed by atoms with van der Waals surface area (Å²) in [6.07, 6.45) is 0. The first kappa shape index (κ1) is 12.5. The molecule has 13 heavy (non-hydrogen) atoms. The molecule has 2 N–H and O–H groups in total. The SMILES string of the molecule is O=C(O)c1ccccc1OBO.[NaH]. The first-order valence-corrected chi connectivity index (χ1v) is 3.31. The Morgan fingerprint density at radius 1 is 1.38 bits per heavy atom. The van der Waals surface area contributed by atoms with Crippen LogP contribution in [-0.4, -0.2) is 53.3 Å². The van der Waals surface area contributed by atoms with Gasteiger partial charge in [-0.1, -0.05) is 12.1 Å². The number of carbonyl (C=O) groups is 1. The molecule has 4 nitrogen and oxygen atoms in total. The summed E-state index contributed by atoms with van der Waals surface area (Å²) >= 11 is 0. The third-order valence-electron chi connectivity index (χ3n) is 1.34. The third kappa shape index (κ3) is 3.40. The van der Waals surface area contributed by atoms with Crippen LogP contribution in [0.25, 0.3) is 0 Å². The predicted octanol–water partition coefficient (Wildman–Crippen LogP) is -0.626. The molecule has 64 valence electrons. The maximum atomic E-state index is 10.5. The van der Waals surface area contributed by atoms with Crippen molar-refractivity contribution in [3.63, 3.8) is 0 Å². The molecular weight excluding hydrogens is 182 g/mol. The molecule has 0 radical (unpaired) electrons. The monoisotopic (exact) mass is 190 g/mol. The quantitative estimate of drug-likeness (QED) is 0.623. The van der Waals surface area contributed by atoms with Crippen molar-refractivity contribution in [1.82, 2.24) is 0 Å². The van der Waals surface area contributed by atoms with Crippen molar-refractivity contribution in [1.29, 1.82) is 0 Å². The van der Waals surface area contributed by atoms with E-state index in [0.717, 1.165) is 0 Å². The molecule has 0 spiro atoms. The van der Waals surface area contributed by atoms with Gasteiger partial charge in [0.25, 0.3) is 0 Å². The Kier molecular flexibility index (Phi) is 5.82. The molecule has 0 fully saturated rings. The first-order valence-electron chi connectivity index (χ1n) is 3.31. The van der Waals surface area contributed by atoms with Gasteiger partial charge in [0, 0.05) is 0 Å². The molecule has 6 heteroatoms. The minimum atomic E-state index is -1.07. The normalized spacial score (nSPS) is 8.38. The number of hydrogen-bond acceptors (Lipinski definition) is 3. The van der Waals surface area contributed by atoms with E-state index < -0.39 is 13.7 Å². The van der Waals surface area contributed by atoms with Gasteiger partial charge < -0.3 is 14.8 Å². The molecule has 0 saturated heterocycles. The maximum absolute atomic E-state index is 10.5. The van der Waals surface area contributed by atoms with Crippen LogP contribution in [0.1, 0.15) is 10.4 Å². The van der Waals surface area contributed by atoms with Gasteiger partial charge in [0.1, 0.15) is 5.75 Å². The average Bonchev–Trinajstić information content (AvgIpc) is 2.05. The standard InChI is InChI=1S/C7H7BO4.Na.H/c9-7(10)5-3-1-2-4-6(5)12-8-11;;/h1-4,8,11H,(H,9,10);;. The topological polar surface area (TPSA) is 66.8 Å². The summed E-state index contributed by atoms with van der Waals surface area (Å²) in [5.41, 5.74) is 0.0477. The summed E-state index contributed by atoms with van der Waals surface area (Å²) in [5, 5.41) is 17.0. The van der Waals surface area contributed by atoms with Crippen LogP contribution < -0.4 is 4.65 Å². The number of aromatic carboxylic acids is 1. The van der Waals surface area contributed by atoms with Gasteiger partial charge in [-0.15, -0.1) is 0 Å². The molecule has 1 rings (SSSR count). The molecule has 0 saturated carbocycles.